The second-order valence-corrected chi connectivity index (χ2v) is 7.72. The molecule has 8 nitrogen and oxygen atoms in total. The fraction of sp³-hybridized carbons (Fsp3) is 0.261. The molecular formula is C23H26N6O2. The van der Waals surface area contributed by atoms with E-state index in [9.17, 15) is 9.90 Å². The number of likely N-dealkylation sites (N-methyl/N-ethyl adjacent to an activating group) is 1. The topological polar surface area (TPSA) is 84.8 Å². The van der Waals surface area contributed by atoms with Gasteiger partial charge in [-0.15, -0.1) is 0 Å². The second-order valence-electron chi connectivity index (χ2n) is 7.72. The van der Waals surface area contributed by atoms with Crippen LogP contribution in [0.3, 0.4) is 0 Å². The van der Waals surface area contributed by atoms with E-state index in [0.29, 0.717) is 17.7 Å². The third-order valence-electron chi connectivity index (χ3n) is 5.46. The number of benzene rings is 2. The number of hydrogen-bond acceptors (Lipinski definition) is 6. The Morgan fingerprint density at radius 3 is 2.48 bits per heavy atom. The monoisotopic (exact) mass is 418 g/mol. The van der Waals surface area contributed by atoms with Crippen LogP contribution < -0.4 is 15.1 Å². The standard InChI is InChI=1S/C23H26N6O2/c1-27(2)20-13-15-28(16-20)18-10-8-17(9-11-18)25-22-24-14-12-21(26-22)29(23(30)31)19-6-4-3-5-7-19/h3-12,14,20H,13,15-16H2,1-2H3,(H,30,31)(H,24,25,26)/t20-/m1/s1. The average Bonchev–Trinajstić information content (AvgIpc) is 3.26. The van der Waals surface area contributed by atoms with Crippen LogP contribution in [0.2, 0.25) is 0 Å². The molecule has 1 amide bonds. The van der Waals surface area contributed by atoms with Gasteiger partial charge in [0.05, 0.1) is 5.69 Å². The highest BCUT2D eigenvalue weighted by Crippen LogP contribution is 2.27. The maximum atomic E-state index is 11.8. The van der Waals surface area contributed by atoms with Gasteiger partial charge in [0.2, 0.25) is 5.95 Å². The van der Waals surface area contributed by atoms with Crippen LogP contribution in [0.25, 0.3) is 0 Å². The van der Waals surface area contributed by atoms with Crippen LogP contribution >= 0.6 is 0 Å². The van der Waals surface area contributed by atoms with Crippen molar-refractivity contribution < 1.29 is 9.90 Å². The van der Waals surface area contributed by atoms with E-state index in [2.05, 4.69) is 51.3 Å². The van der Waals surface area contributed by atoms with E-state index < -0.39 is 6.09 Å². The SMILES string of the molecule is CN(C)[C@@H]1CCN(c2ccc(Nc3nccc(N(C(=O)O)c4ccccc4)n3)cc2)C1. The maximum absolute atomic E-state index is 11.8. The van der Waals surface area contributed by atoms with Crippen LogP contribution in [-0.4, -0.2) is 59.3 Å². The Kier molecular flexibility index (Phi) is 5.99. The van der Waals surface area contributed by atoms with E-state index in [1.54, 1.807) is 36.5 Å². The highest BCUT2D eigenvalue weighted by Gasteiger charge is 2.24. The summed E-state index contributed by atoms with van der Waals surface area (Å²) in [6, 6.07) is 19.1. The van der Waals surface area contributed by atoms with Crippen molar-refractivity contribution >= 4 is 34.9 Å². The van der Waals surface area contributed by atoms with E-state index in [1.807, 2.05) is 18.2 Å². The van der Waals surface area contributed by atoms with E-state index in [4.69, 9.17) is 0 Å². The lowest BCUT2D eigenvalue weighted by Gasteiger charge is -2.22. The lowest BCUT2D eigenvalue weighted by Crippen LogP contribution is -2.31. The quantitative estimate of drug-likeness (QED) is 0.621. The molecule has 1 saturated heterocycles. The highest BCUT2D eigenvalue weighted by molar-refractivity contribution is 5.93. The van der Waals surface area contributed by atoms with Crippen LogP contribution in [0.1, 0.15) is 6.42 Å². The van der Waals surface area contributed by atoms with Gasteiger partial charge in [-0.3, -0.25) is 0 Å². The van der Waals surface area contributed by atoms with Crippen LogP contribution in [0.15, 0.2) is 66.9 Å². The van der Waals surface area contributed by atoms with Gasteiger partial charge in [0.25, 0.3) is 0 Å². The number of nitrogens with zero attached hydrogens (tertiary/aromatic N) is 5. The predicted octanol–water partition coefficient (Wildman–Crippen LogP) is 4.18. The van der Waals surface area contributed by atoms with Gasteiger partial charge in [-0.25, -0.2) is 14.7 Å². The predicted molar refractivity (Wildman–Crippen MR) is 123 cm³/mol. The molecular weight excluding hydrogens is 392 g/mol. The Bertz CT molecular complexity index is 1030. The molecule has 0 spiro atoms. The Morgan fingerprint density at radius 2 is 1.84 bits per heavy atom. The molecule has 0 radical (unpaired) electrons. The number of rotatable bonds is 6. The molecule has 1 fully saturated rings. The fourth-order valence-corrected chi connectivity index (χ4v) is 3.73. The minimum absolute atomic E-state index is 0.277. The molecule has 0 bridgehead atoms. The lowest BCUT2D eigenvalue weighted by atomic mass is 10.2. The minimum atomic E-state index is -1.11. The second kappa shape index (κ2) is 9.01. The number of para-hydroxylation sites is 1. The molecule has 4 rings (SSSR count). The Hall–Kier alpha value is -3.65. The zero-order chi connectivity index (χ0) is 21.8. The number of aromatic nitrogens is 2. The van der Waals surface area contributed by atoms with Gasteiger partial charge in [-0.1, -0.05) is 18.2 Å². The lowest BCUT2D eigenvalue weighted by molar-refractivity contribution is 0.204. The summed E-state index contributed by atoms with van der Waals surface area (Å²) in [5.74, 6) is 0.612. The molecule has 160 valence electrons. The maximum Gasteiger partial charge on any atom is 0.417 e. The molecule has 1 aromatic heterocycles. The number of carbonyl (C=O) groups is 1. The van der Waals surface area contributed by atoms with Gasteiger partial charge >= 0.3 is 6.09 Å². The minimum Gasteiger partial charge on any atom is -0.464 e. The number of amides is 1. The third-order valence-corrected chi connectivity index (χ3v) is 5.46. The first kappa shape index (κ1) is 20.6. The molecule has 0 unspecified atom stereocenters. The van der Waals surface area contributed by atoms with Gasteiger partial charge in [0.1, 0.15) is 5.82 Å². The van der Waals surface area contributed by atoms with E-state index in [0.717, 1.165) is 30.1 Å². The number of anilines is 5. The summed E-state index contributed by atoms with van der Waals surface area (Å²) in [5.41, 5.74) is 2.54. The van der Waals surface area contributed by atoms with Gasteiger partial charge in [0, 0.05) is 42.8 Å². The summed E-state index contributed by atoms with van der Waals surface area (Å²) < 4.78 is 0. The molecule has 2 aromatic carbocycles. The molecule has 31 heavy (non-hydrogen) atoms. The van der Waals surface area contributed by atoms with Crippen molar-refractivity contribution in [3.8, 4) is 0 Å². The Morgan fingerprint density at radius 1 is 1.10 bits per heavy atom. The number of carboxylic acid groups (broad SMARTS) is 1. The molecule has 8 heteroatoms. The Balaban J connectivity index is 1.48. The third kappa shape index (κ3) is 4.75. The van der Waals surface area contributed by atoms with Gasteiger partial charge < -0.3 is 20.2 Å². The van der Waals surface area contributed by atoms with E-state index in [1.165, 1.54) is 5.69 Å². The molecule has 3 aromatic rings. The zero-order valence-corrected chi connectivity index (χ0v) is 17.6. The zero-order valence-electron chi connectivity index (χ0n) is 17.6. The van der Waals surface area contributed by atoms with Crippen molar-refractivity contribution in [1.82, 2.24) is 14.9 Å². The smallest absolute Gasteiger partial charge is 0.417 e. The van der Waals surface area contributed by atoms with Crippen molar-refractivity contribution in [3.05, 3.63) is 66.9 Å². The summed E-state index contributed by atoms with van der Waals surface area (Å²) in [6.45, 7) is 2.07. The Labute approximate surface area is 181 Å². The number of hydrogen-bond donors (Lipinski definition) is 2. The van der Waals surface area contributed by atoms with Crippen LogP contribution in [0, 0.1) is 0 Å². The largest absolute Gasteiger partial charge is 0.464 e. The molecule has 2 N–H and O–H groups in total. The van der Waals surface area contributed by atoms with Crippen molar-refractivity contribution in [2.45, 2.75) is 12.5 Å². The van der Waals surface area contributed by atoms with Gasteiger partial charge in [-0.05, 0) is 56.9 Å². The van der Waals surface area contributed by atoms with Crippen LogP contribution in [-0.2, 0) is 0 Å². The van der Waals surface area contributed by atoms with Crippen molar-refractivity contribution in [2.75, 3.05) is 42.3 Å². The first-order chi connectivity index (χ1) is 15.0. The fourth-order valence-electron chi connectivity index (χ4n) is 3.73. The molecule has 1 aliphatic rings. The highest BCUT2D eigenvalue weighted by atomic mass is 16.4. The van der Waals surface area contributed by atoms with Crippen molar-refractivity contribution in [2.24, 2.45) is 0 Å². The van der Waals surface area contributed by atoms with E-state index in [-0.39, 0.29) is 5.82 Å². The molecule has 2 heterocycles. The first-order valence-corrected chi connectivity index (χ1v) is 10.2. The first-order valence-electron chi connectivity index (χ1n) is 10.2. The van der Waals surface area contributed by atoms with Crippen LogP contribution in [0.5, 0.6) is 0 Å². The van der Waals surface area contributed by atoms with Crippen LogP contribution in [0.4, 0.5) is 33.6 Å². The van der Waals surface area contributed by atoms with Gasteiger partial charge in [0.15, 0.2) is 0 Å². The summed E-state index contributed by atoms with van der Waals surface area (Å²) in [4.78, 5) is 26.3. The molecule has 0 saturated carbocycles. The molecule has 0 aliphatic carbocycles. The normalized spacial score (nSPS) is 15.8. The van der Waals surface area contributed by atoms with E-state index >= 15 is 0 Å². The average molecular weight is 419 g/mol. The summed E-state index contributed by atoms with van der Waals surface area (Å²) in [5, 5.41) is 12.9. The summed E-state index contributed by atoms with van der Waals surface area (Å²) >= 11 is 0. The van der Waals surface area contributed by atoms with Crippen molar-refractivity contribution in [3.63, 3.8) is 0 Å². The van der Waals surface area contributed by atoms with Crippen molar-refractivity contribution in [1.29, 1.82) is 0 Å². The summed E-state index contributed by atoms with van der Waals surface area (Å²) in [7, 11) is 4.25. The summed E-state index contributed by atoms with van der Waals surface area (Å²) in [6.07, 6.45) is 1.60. The molecule has 1 aliphatic heterocycles. The van der Waals surface area contributed by atoms with Gasteiger partial charge in [-0.2, -0.15) is 4.98 Å². The number of nitrogens with one attached hydrogen (secondary N) is 1. The molecule has 1 atom stereocenters.